The van der Waals surface area contributed by atoms with Gasteiger partial charge in [-0.2, -0.15) is 0 Å². The molecule has 0 saturated heterocycles. The zero-order valence-corrected chi connectivity index (χ0v) is 12.6. The highest BCUT2D eigenvalue weighted by Gasteiger charge is 2.00. The second-order valence-corrected chi connectivity index (χ2v) is 5.95. The number of para-hydroxylation sites is 1. The maximum atomic E-state index is 5.79. The largest absolute Gasteiger partial charge is 0.457 e. The summed E-state index contributed by atoms with van der Waals surface area (Å²) in [6.07, 6.45) is 0. The topological polar surface area (TPSA) is 9.23 Å². The van der Waals surface area contributed by atoms with E-state index in [9.17, 15) is 0 Å². The Balaban J connectivity index is 1.68. The van der Waals surface area contributed by atoms with Gasteiger partial charge in [-0.25, -0.2) is 0 Å². The fourth-order valence-corrected chi connectivity index (χ4v) is 2.76. The molecule has 0 heterocycles. The Kier molecular flexibility index (Phi) is 4.27. The Morgan fingerprint density at radius 2 is 1.14 bits per heavy atom. The SMILES string of the molecule is Cc1ccc(Sc2ccc(Oc3ccccc3)cc2)cc1. The minimum absolute atomic E-state index is 0.856. The zero-order valence-electron chi connectivity index (χ0n) is 11.8. The number of rotatable bonds is 4. The highest BCUT2D eigenvalue weighted by Crippen LogP contribution is 2.30. The van der Waals surface area contributed by atoms with Gasteiger partial charge in [0.1, 0.15) is 11.5 Å². The van der Waals surface area contributed by atoms with Gasteiger partial charge in [-0.3, -0.25) is 0 Å². The summed E-state index contributed by atoms with van der Waals surface area (Å²) in [6.45, 7) is 2.10. The number of benzene rings is 3. The maximum Gasteiger partial charge on any atom is 0.127 e. The van der Waals surface area contributed by atoms with Crippen molar-refractivity contribution in [3.05, 3.63) is 84.4 Å². The van der Waals surface area contributed by atoms with Gasteiger partial charge in [-0.05, 0) is 55.5 Å². The van der Waals surface area contributed by atoms with Gasteiger partial charge in [-0.15, -0.1) is 0 Å². The second kappa shape index (κ2) is 6.51. The molecule has 0 aliphatic heterocycles. The van der Waals surface area contributed by atoms with Crippen LogP contribution in [-0.4, -0.2) is 0 Å². The molecule has 0 spiro atoms. The minimum atomic E-state index is 0.856. The highest BCUT2D eigenvalue weighted by atomic mass is 32.2. The Bertz CT molecular complexity index is 688. The number of ether oxygens (including phenoxy) is 1. The molecule has 104 valence electrons. The Morgan fingerprint density at radius 1 is 0.619 bits per heavy atom. The van der Waals surface area contributed by atoms with E-state index in [4.69, 9.17) is 4.74 Å². The fraction of sp³-hybridized carbons (Fsp3) is 0.0526. The first-order valence-electron chi connectivity index (χ1n) is 6.87. The number of aryl methyl sites for hydroxylation is 1. The van der Waals surface area contributed by atoms with Crippen LogP contribution in [0.4, 0.5) is 0 Å². The van der Waals surface area contributed by atoms with Crippen molar-refractivity contribution in [2.45, 2.75) is 16.7 Å². The molecule has 0 aromatic heterocycles. The molecule has 2 heteroatoms. The van der Waals surface area contributed by atoms with E-state index in [0.29, 0.717) is 0 Å². The van der Waals surface area contributed by atoms with E-state index in [0.717, 1.165) is 11.5 Å². The molecule has 1 nitrogen and oxygen atoms in total. The van der Waals surface area contributed by atoms with Gasteiger partial charge in [0, 0.05) is 9.79 Å². The van der Waals surface area contributed by atoms with Crippen molar-refractivity contribution >= 4 is 11.8 Å². The molecule has 3 aromatic carbocycles. The van der Waals surface area contributed by atoms with Crippen LogP contribution in [0.5, 0.6) is 11.5 Å². The summed E-state index contributed by atoms with van der Waals surface area (Å²) in [6, 6.07) is 26.6. The lowest BCUT2D eigenvalue weighted by molar-refractivity contribution is 0.482. The lowest BCUT2D eigenvalue weighted by Crippen LogP contribution is -1.83. The highest BCUT2D eigenvalue weighted by molar-refractivity contribution is 7.99. The average molecular weight is 292 g/mol. The van der Waals surface area contributed by atoms with Crippen molar-refractivity contribution in [3.8, 4) is 11.5 Å². The van der Waals surface area contributed by atoms with Crippen molar-refractivity contribution in [3.63, 3.8) is 0 Å². The summed E-state index contributed by atoms with van der Waals surface area (Å²) in [4.78, 5) is 2.46. The number of hydrogen-bond acceptors (Lipinski definition) is 2. The molecule has 0 aliphatic rings. The van der Waals surface area contributed by atoms with Crippen LogP contribution in [0.3, 0.4) is 0 Å². The summed E-state index contributed by atoms with van der Waals surface area (Å²) < 4.78 is 5.79. The van der Waals surface area contributed by atoms with Gasteiger partial charge in [0.25, 0.3) is 0 Å². The van der Waals surface area contributed by atoms with Gasteiger partial charge in [0.2, 0.25) is 0 Å². The van der Waals surface area contributed by atoms with E-state index >= 15 is 0 Å². The van der Waals surface area contributed by atoms with Gasteiger partial charge < -0.3 is 4.74 Å². The molecule has 0 radical (unpaired) electrons. The third-order valence-corrected chi connectivity index (χ3v) is 4.08. The molecule has 3 aromatic rings. The molecule has 3 rings (SSSR count). The van der Waals surface area contributed by atoms with E-state index in [2.05, 4.69) is 43.3 Å². The summed E-state index contributed by atoms with van der Waals surface area (Å²) in [5, 5.41) is 0. The molecule has 0 bridgehead atoms. The lowest BCUT2D eigenvalue weighted by Gasteiger charge is -2.07. The molecule has 0 saturated carbocycles. The smallest absolute Gasteiger partial charge is 0.127 e. The van der Waals surface area contributed by atoms with Crippen LogP contribution in [0.15, 0.2) is 88.7 Å². The van der Waals surface area contributed by atoms with Crippen molar-refractivity contribution in [1.29, 1.82) is 0 Å². The number of hydrogen-bond donors (Lipinski definition) is 0. The van der Waals surface area contributed by atoms with E-state index in [1.165, 1.54) is 15.4 Å². The summed E-state index contributed by atoms with van der Waals surface area (Å²) in [5.74, 6) is 1.71. The molecule has 0 amide bonds. The standard InChI is InChI=1S/C19H16OS/c1-15-7-11-18(12-8-15)21-19-13-9-17(10-14-19)20-16-5-3-2-4-6-16/h2-14H,1H3. The van der Waals surface area contributed by atoms with Crippen LogP contribution in [0.1, 0.15) is 5.56 Å². The van der Waals surface area contributed by atoms with Crippen LogP contribution in [0.2, 0.25) is 0 Å². The Labute approximate surface area is 129 Å². The quantitative estimate of drug-likeness (QED) is 0.588. The van der Waals surface area contributed by atoms with Crippen molar-refractivity contribution in [1.82, 2.24) is 0 Å². The van der Waals surface area contributed by atoms with E-state index < -0.39 is 0 Å². The predicted octanol–water partition coefficient (Wildman–Crippen LogP) is 5.94. The first-order chi connectivity index (χ1) is 10.3. The van der Waals surface area contributed by atoms with E-state index in [-0.39, 0.29) is 0 Å². The Morgan fingerprint density at radius 3 is 1.76 bits per heavy atom. The molecular formula is C19H16OS. The molecular weight excluding hydrogens is 276 g/mol. The van der Waals surface area contributed by atoms with Crippen LogP contribution in [-0.2, 0) is 0 Å². The third-order valence-electron chi connectivity index (χ3n) is 3.06. The van der Waals surface area contributed by atoms with Crippen molar-refractivity contribution in [2.75, 3.05) is 0 Å². The van der Waals surface area contributed by atoms with E-state index in [1.54, 1.807) is 11.8 Å². The van der Waals surface area contributed by atoms with Crippen LogP contribution >= 0.6 is 11.8 Å². The van der Waals surface area contributed by atoms with Crippen LogP contribution in [0, 0.1) is 6.92 Å². The predicted molar refractivity (Wildman–Crippen MR) is 88.3 cm³/mol. The average Bonchev–Trinajstić information content (AvgIpc) is 2.53. The molecule has 21 heavy (non-hydrogen) atoms. The maximum absolute atomic E-state index is 5.79. The van der Waals surface area contributed by atoms with Gasteiger partial charge in [-0.1, -0.05) is 47.7 Å². The summed E-state index contributed by atoms with van der Waals surface area (Å²) >= 11 is 1.76. The van der Waals surface area contributed by atoms with Crippen molar-refractivity contribution in [2.24, 2.45) is 0 Å². The molecule has 0 atom stereocenters. The normalized spacial score (nSPS) is 10.3. The van der Waals surface area contributed by atoms with Crippen LogP contribution in [0.25, 0.3) is 0 Å². The Hall–Kier alpha value is -2.19. The van der Waals surface area contributed by atoms with Crippen molar-refractivity contribution < 1.29 is 4.74 Å². The molecule has 0 aliphatic carbocycles. The zero-order chi connectivity index (χ0) is 14.5. The second-order valence-electron chi connectivity index (χ2n) is 4.80. The lowest BCUT2D eigenvalue weighted by atomic mass is 10.2. The van der Waals surface area contributed by atoms with Gasteiger partial charge >= 0.3 is 0 Å². The van der Waals surface area contributed by atoms with Gasteiger partial charge in [0.05, 0.1) is 0 Å². The fourth-order valence-electron chi connectivity index (χ4n) is 1.94. The first-order valence-corrected chi connectivity index (χ1v) is 7.69. The summed E-state index contributed by atoms with van der Waals surface area (Å²) in [7, 11) is 0. The minimum Gasteiger partial charge on any atom is -0.457 e. The van der Waals surface area contributed by atoms with Crippen LogP contribution < -0.4 is 4.74 Å². The van der Waals surface area contributed by atoms with Gasteiger partial charge in [0.15, 0.2) is 0 Å². The molecule has 0 N–H and O–H groups in total. The monoisotopic (exact) mass is 292 g/mol. The first kappa shape index (κ1) is 13.8. The molecule has 0 fully saturated rings. The van der Waals surface area contributed by atoms with E-state index in [1.807, 2.05) is 42.5 Å². The molecule has 0 unspecified atom stereocenters. The summed E-state index contributed by atoms with van der Waals surface area (Å²) in [5.41, 5.74) is 1.28. The third kappa shape index (κ3) is 3.89.